The molecule has 5 nitrogen and oxygen atoms in total. The Kier molecular flexibility index (Phi) is 6.07. The van der Waals surface area contributed by atoms with Crippen molar-refractivity contribution in [3.63, 3.8) is 0 Å². The highest BCUT2D eigenvalue weighted by Gasteiger charge is 2.34. The third kappa shape index (κ3) is 3.97. The molecule has 0 spiro atoms. The fourth-order valence-corrected chi connectivity index (χ4v) is 4.01. The van der Waals surface area contributed by atoms with Gasteiger partial charge < -0.3 is 4.90 Å². The summed E-state index contributed by atoms with van der Waals surface area (Å²) in [5.74, 6) is -0.171. The Morgan fingerprint density at radius 2 is 1.62 bits per heavy atom. The molecule has 0 saturated heterocycles. The zero-order valence-electron chi connectivity index (χ0n) is 15.6. The maximum Gasteiger partial charge on any atom is 0.261 e. The lowest BCUT2D eigenvalue weighted by Crippen LogP contribution is -2.38. The maximum atomic E-state index is 12.3. The molecule has 1 heterocycles. The molecule has 1 fully saturated rings. The standard InChI is InChI=1S/C21H28N2O3/c1-22(16-10-4-2-5-11-16)19(24)14-6-3-9-15-23-20(25)17-12-7-8-13-18(17)21(23)26/h7-8,12-13,16H,2-6,9-11,14-15H2,1H3. The molecule has 0 N–H and O–H groups in total. The second-order valence-electron chi connectivity index (χ2n) is 7.41. The molecule has 0 aromatic heterocycles. The molecular weight excluding hydrogens is 328 g/mol. The Bertz CT molecular complexity index is 645. The van der Waals surface area contributed by atoms with E-state index in [2.05, 4.69) is 0 Å². The summed E-state index contributed by atoms with van der Waals surface area (Å²) in [6.45, 7) is 0.430. The first-order chi connectivity index (χ1) is 12.6. The van der Waals surface area contributed by atoms with E-state index in [0.717, 1.165) is 32.1 Å². The molecule has 0 radical (unpaired) electrons. The van der Waals surface area contributed by atoms with E-state index in [1.807, 2.05) is 11.9 Å². The number of carbonyl (C=O) groups excluding carboxylic acids is 3. The van der Waals surface area contributed by atoms with Crippen LogP contribution in [-0.4, -0.2) is 47.2 Å². The lowest BCUT2D eigenvalue weighted by atomic mass is 9.94. The number of amides is 3. The van der Waals surface area contributed by atoms with Crippen LogP contribution in [0.15, 0.2) is 24.3 Å². The summed E-state index contributed by atoms with van der Waals surface area (Å²) in [5.41, 5.74) is 1.00. The van der Waals surface area contributed by atoms with Crippen molar-refractivity contribution in [3.05, 3.63) is 35.4 Å². The largest absolute Gasteiger partial charge is 0.343 e. The van der Waals surface area contributed by atoms with Gasteiger partial charge in [-0.2, -0.15) is 0 Å². The van der Waals surface area contributed by atoms with Crippen molar-refractivity contribution >= 4 is 17.7 Å². The van der Waals surface area contributed by atoms with Crippen molar-refractivity contribution in [2.75, 3.05) is 13.6 Å². The van der Waals surface area contributed by atoms with Crippen LogP contribution < -0.4 is 0 Å². The van der Waals surface area contributed by atoms with Crippen LogP contribution in [0.2, 0.25) is 0 Å². The highest BCUT2D eigenvalue weighted by Crippen LogP contribution is 2.24. The minimum absolute atomic E-state index is 0.196. The van der Waals surface area contributed by atoms with Crippen molar-refractivity contribution in [1.82, 2.24) is 9.80 Å². The van der Waals surface area contributed by atoms with Gasteiger partial charge in [-0.25, -0.2) is 0 Å². The molecule has 1 aromatic rings. The third-order valence-electron chi connectivity index (χ3n) is 5.67. The molecule has 1 aliphatic carbocycles. The van der Waals surface area contributed by atoms with E-state index in [1.54, 1.807) is 24.3 Å². The molecule has 1 saturated carbocycles. The zero-order chi connectivity index (χ0) is 18.5. The number of hydrogen-bond acceptors (Lipinski definition) is 3. The lowest BCUT2D eigenvalue weighted by Gasteiger charge is -2.31. The first-order valence-electron chi connectivity index (χ1n) is 9.80. The predicted octanol–water partition coefficient (Wildman–Crippen LogP) is 3.63. The van der Waals surface area contributed by atoms with Crippen molar-refractivity contribution < 1.29 is 14.4 Å². The lowest BCUT2D eigenvalue weighted by molar-refractivity contribution is -0.132. The topological polar surface area (TPSA) is 57.7 Å². The Morgan fingerprint density at radius 1 is 1.00 bits per heavy atom. The number of hydrogen-bond donors (Lipinski definition) is 0. The van der Waals surface area contributed by atoms with Crippen LogP contribution in [0.1, 0.15) is 78.5 Å². The summed E-state index contributed by atoms with van der Waals surface area (Å²) in [6.07, 6.45) is 8.93. The quantitative estimate of drug-likeness (QED) is 0.554. The molecule has 140 valence electrons. The van der Waals surface area contributed by atoms with Gasteiger partial charge in [-0.15, -0.1) is 0 Å². The summed E-state index contributed by atoms with van der Waals surface area (Å²) < 4.78 is 0. The van der Waals surface area contributed by atoms with Gasteiger partial charge in [0.05, 0.1) is 11.1 Å². The van der Waals surface area contributed by atoms with Crippen LogP contribution >= 0.6 is 0 Å². The molecule has 3 amide bonds. The molecule has 2 aliphatic rings. The fourth-order valence-electron chi connectivity index (χ4n) is 4.01. The van der Waals surface area contributed by atoms with Crippen LogP contribution in [0.5, 0.6) is 0 Å². The van der Waals surface area contributed by atoms with E-state index >= 15 is 0 Å². The Hall–Kier alpha value is -2.17. The van der Waals surface area contributed by atoms with Crippen molar-refractivity contribution in [3.8, 4) is 0 Å². The minimum atomic E-state index is -0.196. The summed E-state index contributed by atoms with van der Waals surface area (Å²) in [7, 11) is 1.93. The average Bonchev–Trinajstić information content (AvgIpc) is 2.92. The van der Waals surface area contributed by atoms with E-state index in [4.69, 9.17) is 0 Å². The molecule has 1 aliphatic heterocycles. The van der Waals surface area contributed by atoms with Gasteiger partial charge in [-0.05, 0) is 37.8 Å². The fraction of sp³-hybridized carbons (Fsp3) is 0.571. The molecule has 1 aromatic carbocycles. The summed E-state index contributed by atoms with van der Waals surface area (Å²) in [4.78, 5) is 40.2. The highest BCUT2D eigenvalue weighted by atomic mass is 16.2. The second-order valence-corrected chi connectivity index (χ2v) is 7.41. The summed E-state index contributed by atoms with van der Waals surface area (Å²) in [6, 6.07) is 7.38. The monoisotopic (exact) mass is 356 g/mol. The molecular formula is C21H28N2O3. The number of nitrogens with zero attached hydrogens (tertiary/aromatic N) is 2. The third-order valence-corrected chi connectivity index (χ3v) is 5.67. The van der Waals surface area contributed by atoms with Gasteiger partial charge in [-0.1, -0.05) is 37.8 Å². The van der Waals surface area contributed by atoms with E-state index < -0.39 is 0 Å². The van der Waals surface area contributed by atoms with E-state index in [1.165, 1.54) is 24.2 Å². The average molecular weight is 356 g/mol. The number of unbranched alkanes of at least 4 members (excludes halogenated alkanes) is 2. The van der Waals surface area contributed by atoms with Gasteiger partial charge in [0.1, 0.15) is 0 Å². The van der Waals surface area contributed by atoms with Gasteiger partial charge in [0.25, 0.3) is 11.8 Å². The molecule has 0 atom stereocenters. The number of rotatable bonds is 7. The van der Waals surface area contributed by atoms with Crippen LogP contribution in [0, 0.1) is 0 Å². The van der Waals surface area contributed by atoms with Crippen LogP contribution in [0.3, 0.4) is 0 Å². The van der Waals surface area contributed by atoms with Gasteiger partial charge in [0, 0.05) is 26.1 Å². The number of benzene rings is 1. The van der Waals surface area contributed by atoms with Crippen LogP contribution in [-0.2, 0) is 4.79 Å². The van der Waals surface area contributed by atoms with E-state index in [9.17, 15) is 14.4 Å². The SMILES string of the molecule is CN(C(=O)CCCCCN1C(=O)c2ccccc2C1=O)C1CCCCC1. The Morgan fingerprint density at radius 3 is 2.23 bits per heavy atom. The van der Waals surface area contributed by atoms with Gasteiger partial charge in [0.2, 0.25) is 5.91 Å². The van der Waals surface area contributed by atoms with Crippen molar-refractivity contribution in [2.24, 2.45) is 0 Å². The van der Waals surface area contributed by atoms with Gasteiger partial charge in [0.15, 0.2) is 0 Å². The Labute approximate surface area is 155 Å². The van der Waals surface area contributed by atoms with Crippen molar-refractivity contribution in [1.29, 1.82) is 0 Å². The number of imide groups is 1. The predicted molar refractivity (Wildman–Crippen MR) is 99.9 cm³/mol. The second kappa shape index (κ2) is 8.47. The first-order valence-corrected chi connectivity index (χ1v) is 9.80. The minimum Gasteiger partial charge on any atom is -0.343 e. The van der Waals surface area contributed by atoms with E-state index in [-0.39, 0.29) is 17.7 Å². The van der Waals surface area contributed by atoms with Crippen LogP contribution in [0.4, 0.5) is 0 Å². The van der Waals surface area contributed by atoms with E-state index in [0.29, 0.717) is 30.1 Å². The maximum absolute atomic E-state index is 12.3. The zero-order valence-corrected chi connectivity index (χ0v) is 15.6. The smallest absolute Gasteiger partial charge is 0.261 e. The first kappa shape index (κ1) is 18.6. The van der Waals surface area contributed by atoms with Gasteiger partial charge >= 0.3 is 0 Å². The molecule has 0 bridgehead atoms. The summed E-state index contributed by atoms with van der Waals surface area (Å²) in [5, 5.41) is 0. The van der Waals surface area contributed by atoms with Gasteiger partial charge in [-0.3, -0.25) is 19.3 Å². The summed E-state index contributed by atoms with van der Waals surface area (Å²) >= 11 is 0. The van der Waals surface area contributed by atoms with Crippen LogP contribution in [0.25, 0.3) is 0 Å². The highest BCUT2D eigenvalue weighted by molar-refractivity contribution is 6.21. The molecule has 0 unspecified atom stereocenters. The number of fused-ring (bicyclic) bond motifs is 1. The van der Waals surface area contributed by atoms with Crippen molar-refractivity contribution in [2.45, 2.75) is 63.8 Å². The molecule has 5 heteroatoms. The Balaban J connectivity index is 1.38. The number of carbonyl (C=O) groups is 3. The normalized spacial score (nSPS) is 17.5. The molecule has 3 rings (SSSR count). The molecule has 26 heavy (non-hydrogen) atoms.